The van der Waals surface area contributed by atoms with Gasteiger partial charge in [0, 0.05) is 132 Å². The van der Waals surface area contributed by atoms with Crippen molar-refractivity contribution in [3.8, 4) is 0 Å². The highest BCUT2D eigenvalue weighted by Crippen LogP contribution is 2.34. The Kier molecular flexibility index (Phi) is 20.6. The van der Waals surface area contributed by atoms with Gasteiger partial charge >= 0.3 is 6.03 Å². The van der Waals surface area contributed by atoms with Gasteiger partial charge in [-0.15, -0.1) is 0 Å². The molecule has 2 saturated heterocycles. The molecule has 418 valence electrons. The number of hydrogen-bond donors (Lipinski definition) is 8. The number of amides is 4. The number of unbranched alkanes of at least 4 members (excludes halogenated alkanes) is 2. The van der Waals surface area contributed by atoms with Gasteiger partial charge < -0.3 is 42.4 Å². The van der Waals surface area contributed by atoms with E-state index in [1.165, 1.54) is 6.33 Å². The fourth-order valence-electron chi connectivity index (χ4n) is 11.4. The summed E-state index contributed by atoms with van der Waals surface area (Å²) in [5.41, 5.74) is 16.4. The molecule has 3 aromatic heterocycles. The number of rotatable bonds is 34. The first-order valence-corrected chi connectivity index (χ1v) is 29.0. The SMILES string of the molecule is CC(CC(=O)C(CC(=O)C(Cc1cnc[nH]1)NC(=O)CCCC[C@@H]1SC[C@@H]2NC(=O)N[C@@H]21)Cc1c[nH]c2ccccc12)C(=O)CC(Cc1c[nH]c2ccccc12)C(=O)CC(Cc1ccccc1)C(=O)CC(CCCCN)C(N)=O. The van der Waals surface area contributed by atoms with Gasteiger partial charge in [-0.05, 0) is 80.3 Å². The Bertz CT molecular complexity index is 3060. The smallest absolute Gasteiger partial charge is 0.315 e. The molecule has 4 amide bonds. The first-order chi connectivity index (χ1) is 38.2. The number of nitrogens with one attached hydrogen (secondary N) is 6. The topological polar surface area (TPSA) is 285 Å². The summed E-state index contributed by atoms with van der Waals surface area (Å²) in [5, 5.41) is 11.0. The standard InChI is InChI=1S/C61H75N9O8S/c1-37(52(71)28-41(25-43-32-65-48-18-7-5-16-46(43)48)55(74)29-40(24-38-13-3-2-4-14-38)54(73)27-39(60(63)77)15-11-12-22-62)23-53(72)42(26-44-33-66-49-19-8-6-17-47(44)49)30-56(75)50(31-45-34-64-36-67-45)68-58(76)21-10-9-20-57-59-51(35-79-57)69-61(78)70-59/h2-8,13-14,16-19,32-34,36-37,39-42,50-51,57,59,65-66H,9-12,15,20-31,35,62H2,1H3,(H2,63,77)(H,64,67)(H,68,76)(H2,69,70,78)/t37?,39?,40?,41?,42?,50?,51-,57-,59-/m0/s1. The number of nitrogens with two attached hydrogens (primary N) is 2. The van der Waals surface area contributed by atoms with Crippen molar-refractivity contribution >= 4 is 80.3 Å². The van der Waals surface area contributed by atoms with Crippen LogP contribution in [0.4, 0.5) is 4.79 Å². The molecule has 0 spiro atoms. The fourth-order valence-corrected chi connectivity index (χ4v) is 13.0. The van der Waals surface area contributed by atoms with Crippen molar-refractivity contribution in [2.45, 2.75) is 133 Å². The van der Waals surface area contributed by atoms with Gasteiger partial charge in [0.25, 0.3) is 0 Å². The molecular formula is C61H75N9O8S. The molecular weight excluding hydrogens is 1020 g/mol. The zero-order valence-corrected chi connectivity index (χ0v) is 45.8. The lowest BCUT2D eigenvalue weighted by Gasteiger charge is -2.23. The molecule has 8 rings (SSSR count). The number of imidazole rings is 1. The van der Waals surface area contributed by atoms with Crippen LogP contribution >= 0.6 is 11.8 Å². The number of fused-ring (bicyclic) bond motifs is 3. The van der Waals surface area contributed by atoms with Gasteiger partial charge in [-0.2, -0.15) is 11.8 Å². The number of hydrogen-bond acceptors (Lipinski definition) is 11. The Morgan fingerprint density at radius 2 is 1.25 bits per heavy atom. The van der Waals surface area contributed by atoms with E-state index in [2.05, 4.69) is 35.9 Å². The third-order valence-electron chi connectivity index (χ3n) is 16.0. The van der Waals surface area contributed by atoms with Crippen LogP contribution in [0.5, 0.6) is 0 Å². The van der Waals surface area contributed by atoms with E-state index in [1.54, 1.807) is 13.1 Å². The Labute approximate surface area is 465 Å². The van der Waals surface area contributed by atoms with Crippen molar-refractivity contribution in [1.82, 2.24) is 35.9 Å². The van der Waals surface area contributed by atoms with Gasteiger partial charge in [0.15, 0.2) is 5.78 Å². The summed E-state index contributed by atoms with van der Waals surface area (Å²) in [6, 6.07) is 23.8. The lowest BCUT2D eigenvalue weighted by molar-refractivity contribution is -0.135. The fraction of sp³-hybridized carbons (Fsp3) is 0.459. The molecule has 18 heteroatoms. The average Bonchev–Trinajstić information content (AvgIpc) is 4.35. The van der Waals surface area contributed by atoms with Crippen LogP contribution in [0.3, 0.4) is 0 Å². The number of primary amides is 1. The van der Waals surface area contributed by atoms with Crippen molar-refractivity contribution in [1.29, 1.82) is 0 Å². The maximum absolute atomic E-state index is 14.9. The molecule has 6 aromatic rings. The second-order valence-electron chi connectivity index (χ2n) is 21.8. The number of aromatic amines is 3. The number of nitrogens with zero attached hydrogens (tertiary/aromatic N) is 1. The number of H-pyrrole nitrogens is 3. The average molecular weight is 1090 g/mol. The lowest BCUT2D eigenvalue weighted by atomic mass is 9.79. The summed E-state index contributed by atoms with van der Waals surface area (Å²) in [6.45, 7) is 2.12. The Hall–Kier alpha value is -7.18. The van der Waals surface area contributed by atoms with E-state index in [1.807, 2.05) is 103 Å². The van der Waals surface area contributed by atoms with Crippen molar-refractivity contribution in [3.63, 3.8) is 0 Å². The van der Waals surface area contributed by atoms with Crippen molar-refractivity contribution < 1.29 is 38.4 Å². The normalized spacial score (nSPS) is 18.2. The number of carbonyl (C=O) groups is 8. The lowest BCUT2D eigenvalue weighted by Crippen LogP contribution is -2.43. The van der Waals surface area contributed by atoms with Gasteiger partial charge in [-0.1, -0.05) is 86.5 Å². The van der Waals surface area contributed by atoms with E-state index in [0.717, 1.165) is 57.1 Å². The van der Waals surface area contributed by atoms with Gasteiger partial charge in [-0.3, -0.25) is 33.6 Å². The molecule has 79 heavy (non-hydrogen) atoms. The van der Waals surface area contributed by atoms with Crippen LogP contribution in [0.15, 0.2) is 104 Å². The van der Waals surface area contributed by atoms with Gasteiger partial charge in [0.05, 0.1) is 24.5 Å². The molecule has 10 N–H and O–H groups in total. The van der Waals surface area contributed by atoms with E-state index >= 15 is 0 Å². The highest BCUT2D eigenvalue weighted by molar-refractivity contribution is 8.00. The second-order valence-corrected chi connectivity index (χ2v) is 23.1. The number of ketones is 5. The molecule has 2 aliphatic heterocycles. The van der Waals surface area contributed by atoms with Gasteiger partial charge in [0.1, 0.15) is 23.1 Å². The summed E-state index contributed by atoms with van der Waals surface area (Å²) in [5.74, 6) is -5.54. The largest absolute Gasteiger partial charge is 0.369 e. The van der Waals surface area contributed by atoms with Crippen molar-refractivity contribution in [2.75, 3.05) is 12.3 Å². The van der Waals surface area contributed by atoms with Crippen LogP contribution in [-0.2, 0) is 59.2 Å². The maximum atomic E-state index is 14.9. The van der Waals surface area contributed by atoms with Crippen LogP contribution < -0.4 is 27.4 Å². The van der Waals surface area contributed by atoms with Crippen molar-refractivity contribution in [3.05, 3.63) is 126 Å². The molecule has 2 fully saturated rings. The van der Waals surface area contributed by atoms with E-state index in [9.17, 15) is 38.4 Å². The third-order valence-corrected chi connectivity index (χ3v) is 17.5. The number of urea groups is 1. The van der Waals surface area contributed by atoms with Crippen molar-refractivity contribution in [2.24, 2.45) is 41.1 Å². The molecule has 3 aromatic carbocycles. The summed E-state index contributed by atoms with van der Waals surface area (Å²) in [6.07, 6.45) is 10.8. The number of aromatic nitrogens is 4. The molecule has 2 aliphatic rings. The second kappa shape index (κ2) is 28.1. The Balaban J connectivity index is 0.981. The first kappa shape index (κ1) is 58.0. The molecule has 0 saturated carbocycles. The minimum atomic E-state index is -0.970. The maximum Gasteiger partial charge on any atom is 0.315 e. The number of para-hydroxylation sites is 2. The quantitative estimate of drug-likeness (QED) is 0.0146. The minimum Gasteiger partial charge on any atom is -0.369 e. The molecule has 0 bridgehead atoms. The summed E-state index contributed by atoms with van der Waals surface area (Å²) >= 11 is 1.82. The number of Topliss-reactive ketones (excluding diaryl/α,β-unsaturated/α-hetero) is 5. The van der Waals surface area contributed by atoms with Crippen LogP contribution in [0.25, 0.3) is 21.8 Å². The summed E-state index contributed by atoms with van der Waals surface area (Å²) in [7, 11) is 0. The van der Waals surface area contributed by atoms with E-state index in [4.69, 9.17) is 11.5 Å². The molecule has 5 heterocycles. The van der Waals surface area contributed by atoms with Crippen LogP contribution in [0.1, 0.15) is 106 Å². The molecule has 0 radical (unpaired) electrons. The highest BCUT2D eigenvalue weighted by atomic mass is 32.2. The number of carbonyl (C=O) groups excluding carboxylic acids is 8. The first-order valence-electron chi connectivity index (χ1n) is 27.9. The predicted octanol–water partition coefficient (Wildman–Crippen LogP) is 7.36. The minimum absolute atomic E-state index is 0.0700. The summed E-state index contributed by atoms with van der Waals surface area (Å²) in [4.78, 5) is 125. The predicted molar refractivity (Wildman–Crippen MR) is 306 cm³/mol. The zero-order valence-electron chi connectivity index (χ0n) is 45.0. The molecule has 0 aliphatic carbocycles. The monoisotopic (exact) mass is 1090 g/mol. The van der Waals surface area contributed by atoms with Gasteiger partial charge in [0.2, 0.25) is 11.8 Å². The Morgan fingerprint density at radius 1 is 0.658 bits per heavy atom. The van der Waals surface area contributed by atoms with Crippen LogP contribution in [-0.4, -0.2) is 102 Å². The summed E-state index contributed by atoms with van der Waals surface area (Å²) < 4.78 is 0. The third kappa shape index (κ3) is 16.0. The zero-order chi connectivity index (χ0) is 55.8. The van der Waals surface area contributed by atoms with E-state index in [0.29, 0.717) is 37.9 Å². The Morgan fingerprint density at radius 3 is 1.89 bits per heavy atom. The van der Waals surface area contributed by atoms with Crippen LogP contribution in [0.2, 0.25) is 0 Å². The molecule has 17 nitrogen and oxygen atoms in total. The highest BCUT2D eigenvalue weighted by Gasteiger charge is 2.43. The van der Waals surface area contributed by atoms with Crippen LogP contribution in [0, 0.1) is 29.6 Å². The molecule has 6 unspecified atom stereocenters. The number of thioether (sulfide) groups is 1. The van der Waals surface area contributed by atoms with Gasteiger partial charge in [-0.25, -0.2) is 9.78 Å². The van der Waals surface area contributed by atoms with E-state index in [-0.39, 0.29) is 122 Å². The molecule has 9 atom stereocenters. The van der Waals surface area contributed by atoms with E-state index < -0.39 is 41.5 Å². The number of benzene rings is 3.